The summed E-state index contributed by atoms with van der Waals surface area (Å²) >= 11 is 1.59. The van der Waals surface area contributed by atoms with Crippen molar-refractivity contribution in [2.24, 2.45) is 5.41 Å². The summed E-state index contributed by atoms with van der Waals surface area (Å²) in [6.07, 6.45) is 2.39. The minimum Gasteiger partial charge on any atom is -0.338 e. The molecule has 0 aliphatic carbocycles. The molecular formula is C12H16N2OS. The summed E-state index contributed by atoms with van der Waals surface area (Å²) in [4.78, 5) is 14.2. The molecule has 1 atom stereocenters. The number of carbonyl (C=O) groups excluding carboxylic acids is 1. The number of thiophene rings is 1. The molecule has 0 radical (unpaired) electrons. The van der Waals surface area contributed by atoms with E-state index < -0.39 is 0 Å². The summed E-state index contributed by atoms with van der Waals surface area (Å²) < 4.78 is 0. The molecule has 0 saturated carbocycles. The maximum atomic E-state index is 12.2. The summed E-state index contributed by atoms with van der Waals surface area (Å²) in [5.74, 6) is 0.213. The lowest BCUT2D eigenvalue weighted by atomic mass is 9.86. The third kappa shape index (κ3) is 1.66. The monoisotopic (exact) mass is 236 g/mol. The van der Waals surface area contributed by atoms with Gasteiger partial charge >= 0.3 is 0 Å². The molecule has 2 fully saturated rings. The fourth-order valence-electron chi connectivity index (χ4n) is 2.82. The van der Waals surface area contributed by atoms with Crippen LogP contribution in [0.25, 0.3) is 0 Å². The van der Waals surface area contributed by atoms with Gasteiger partial charge in [-0.05, 0) is 30.8 Å². The van der Waals surface area contributed by atoms with E-state index in [1.165, 1.54) is 6.42 Å². The number of hydrogen-bond acceptors (Lipinski definition) is 3. The van der Waals surface area contributed by atoms with Gasteiger partial charge in [0.2, 0.25) is 0 Å². The number of likely N-dealkylation sites (tertiary alicyclic amines) is 1. The highest BCUT2D eigenvalue weighted by atomic mass is 32.1. The van der Waals surface area contributed by atoms with Crippen LogP contribution in [0.3, 0.4) is 0 Å². The van der Waals surface area contributed by atoms with Crippen LogP contribution in [-0.2, 0) is 0 Å². The van der Waals surface area contributed by atoms with Gasteiger partial charge in [-0.25, -0.2) is 0 Å². The Morgan fingerprint density at radius 1 is 1.50 bits per heavy atom. The summed E-state index contributed by atoms with van der Waals surface area (Å²) in [5, 5.41) is 7.33. The van der Waals surface area contributed by atoms with Gasteiger partial charge in [-0.2, -0.15) is 11.3 Å². The minimum atomic E-state index is 0.213. The Hall–Kier alpha value is -0.870. The Labute approximate surface area is 99.5 Å². The largest absolute Gasteiger partial charge is 0.338 e. The van der Waals surface area contributed by atoms with E-state index in [0.717, 1.165) is 38.2 Å². The lowest BCUT2D eigenvalue weighted by Crippen LogP contribution is -2.33. The fraction of sp³-hybridized carbons (Fsp3) is 0.583. The van der Waals surface area contributed by atoms with Crippen molar-refractivity contribution in [3.05, 3.63) is 22.4 Å². The van der Waals surface area contributed by atoms with Crippen molar-refractivity contribution in [3.8, 4) is 0 Å². The second-order valence-corrected chi connectivity index (χ2v) is 5.70. The molecule has 3 nitrogen and oxygen atoms in total. The molecule has 16 heavy (non-hydrogen) atoms. The van der Waals surface area contributed by atoms with Gasteiger partial charge in [0.15, 0.2) is 0 Å². The van der Waals surface area contributed by atoms with Crippen molar-refractivity contribution in [2.45, 2.75) is 12.8 Å². The van der Waals surface area contributed by atoms with E-state index in [1.54, 1.807) is 11.3 Å². The van der Waals surface area contributed by atoms with E-state index in [2.05, 4.69) is 5.32 Å². The summed E-state index contributed by atoms with van der Waals surface area (Å²) in [6, 6.07) is 1.92. The van der Waals surface area contributed by atoms with Gasteiger partial charge in [0, 0.05) is 30.4 Å². The van der Waals surface area contributed by atoms with Crippen LogP contribution in [0.5, 0.6) is 0 Å². The first-order valence-corrected chi connectivity index (χ1v) is 6.76. The highest BCUT2D eigenvalue weighted by Crippen LogP contribution is 2.36. The molecule has 1 unspecified atom stereocenters. The average Bonchev–Trinajstić information content (AvgIpc) is 3.01. The molecule has 0 aromatic carbocycles. The van der Waals surface area contributed by atoms with Crippen molar-refractivity contribution in [2.75, 3.05) is 26.2 Å². The molecule has 3 heterocycles. The maximum absolute atomic E-state index is 12.2. The molecule has 0 bridgehead atoms. The zero-order valence-corrected chi connectivity index (χ0v) is 10.1. The first kappa shape index (κ1) is 10.3. The van der Waals surface area contributed by atoms with E-state index in [1.807, 2.05) is 21.7 Å². The van der Waals surface area contributed by atoms with Crippen LogP contribution < -0.4 is 5.32 Å². The summed E-state index contributed by atoms with van der Waals surface area (Å²) in [7, 11) is 0. The predicted octanol–water partition coefficient (Wildman–Crippen LogP) is 1.57. The quantitative estimate of drug-likeness (QED) is 0.803. The van der Waals surface area contributed by atoms with Crippen molar-refractivity contribution >= 4 is 17.2 Å². The molecule has 1 amide bonds. The third-order valence-corrected chi connectivity index (χ3v) is 4.51. The Kier molecular flexibility index (Phi) is 2.48. The Bertz CT molecular complexity index is 382. The number of nitrogens with zero attached hydrogens (tertiary/aromatic N) is 1. The molecular weight excluding hydrogens is 220 g/mol. The highest BCUT2D eigenvalue weighted by molar-refractivity contribution is 7.08. The Morgan fingerprint density at radius 2 is 2.44 bits per heavy atom. The van der Waals surface area contributed by atoms with E-state index in [0.29, 0.717) is 5.41 Å². The molecule has 3 rings (SSSR count). The average molecular weight is 236 g/mol. The summed E-state index contributed by atoms with van der Waals surface area (Å²) in [6.45, 7) is 4.06. The highest BCUT2D eigenvalue weighted by Gasteiger charge is 2.41. The van der Waals surface area contributed by atoms with Crippen LogP contribution in [0.15, 0.2) is 16.8 Å². The van der Waals surface area contributed by atoms with Gasteiger partial charge in [-0.1, -0.05) is 0 Å². The number of nitrogens with one attached hydrogen (secondary N) is 1. The SMILES string of the molecule is O=C(c1ccsc1)N1CCC2(CCNC2)C1. The van der Waals surface area contributed by atoms with E-state index in [-0.39, 0.29) is 5.91 Å². The predicted molar refractivity (Wildman–Crippen MR) is 64.8 cm³/mol. The smallest absolute Gasteiger partial charge is 0.254 e. The van der Waals surface area contributed by atoms with E-state index >= 15 is 0 Å². The Morgan fingerprint density at radius 3 is 3.12 bits per heavy atom. The molecule has 1 N–H and O–H groups in total. The molecule has 4 heteroatoms. The zero-order valence-electron chi connectivity index (χ0n) is 9.24. The van der Waals surface area contributed by atoms with Crippen molar-refractivity contribution < 1.29 is 4.79 Å². The fourth-order valence-corrected chi connectivity index (χ4v) is 3.45. The van der Waals surface area contributed by atoms with Crippen LogP contribution in [-0.4, -0.2) is 37.0 Å². The second-order valence-electron chi connectivity index (χ2n) is 4.92. The van der Waals surface area contributed by atoms with Crippen molar-refractivity contribution in [1.29, 1.82) is 0 Å². The van der Waals surface area contributed by atoms with Crippen LogP contribution in [0.4, 0.5) is 0 Å². The molecule has 2 aliphatic heterocycles. The normalized spacial score (nSPS) is 29.1. The second kappa shape index (κ2) is 3.86. The first-order valence-electron chi connectivity index (χ1n) is 5.81. The van der Waals surface area contributed by atoms with Crippen LogP contribution in [0.1, 0.15) is 23.2 Å². The van der Waals surface area contributed by atoms with Gasteiger partial charge in [0.25, 0.3) is 5.91 Å². The van der Waals surface area contributed by atoms with Crippen molar-refractivity contribution in [3.63, 3.8) is 0 Å². The van der Waals surface area contributed by atoms with E-state index in [9.17, 15) is 4.79 Å². The first-order chi connectivity index (χ1) is 7.79. The molecule has 86 valence electrons. The lowest BCUT2D eigenvalue weighted by Gasteiger charge is -2.22. The van der Waals surface area contributed by atoms with Crippen molar-refractivity contribution in [1.82, 2.24) is 10.2 Å². The third-order valence-electron chi connectivity index (χ3n) is 3.83. The van der Waals surface area contributed by atoms with Crippen LogP contribution >= 0.6 is 11.3 Å². The molecule has 2 saturated heterocycles. The number of hydrogen-bond donors (Lipinski definition) is 1. The van der Waals surface area contributed by atoms with Gasteiger partial charge in [0.1, 0.15) is 0 Å². The van der Waals surface area contributed by atoms with Gasteiger partial charge < -0.3 is 10.2 Å². The molecule has 1 spiro atoms. The minimum absolute atomic E-state index is 0.213. The lowest BCUT2D eigenvalue weighted by molar-refractivity contribution is 0.0776. The van der Waals surface area contributed by atoms with Gasteiger partial charge in [-0.3, -0.25) is 4.79 Å². The number of rotatable bonds is 1. The molecule has 1 aromatic heterocycles. The summed E-state index contributed by atoms with van der Waals surface area (Å²) in [5.41, 5.74) is 1.24. The van der Waals surface area contributed by atoms with Crippen LogP contribution in [0.2, 0.25) is 0 Å². The number of carbonyl (C=O) groups is 1. The van der Waals surface area contributed by atoms with E-state index in [4.69, 9.17) is 0 Å². The van der Waals surface area contributed by atoms with Crippen LogP contribution in [0, 0.1) is 5.41 Å². The van der Waals surface area contributed by atoms with Gasteiger partial charge in [-0.15, -0.1) is 0 Å². The topological polar surface area (TPSA) is 32.3 Å². The maximum Gasteiger partial charge on any atom is 0.254 e. The standard InChI is InChI=1S/C12H16N2OS/c15-11(10-1-6-16-7-10)14-5-3-12(9-14)2-4-13-8-12/h1,6-7,13H,2-5,8-9H2. The Balaban J connectivity index is 1.72. The molecule has 2 aliphatic rings. The number of amides is 1. The van der Waals surface area contributed by atoms with Gasteiger partial charge in [0.05, 0.1) is 5.56 Å². The zero-order chi connectivity index (χ0) is 11.0. The molecule has 1 aromatic rings.